The molecule has 0 amide bonds. The average molecular weight is 281 g/mol. The first-order valence-electron chi connectivity index (χ1n) is 6.24. The number of rotatable bonds is 8. The zero-order valence-electron chi connectivity index (χ0n) is 11.5. The first-order chi connectivity index (χ1) is 9.49. The number of carboxylic acids is 1. The number of carbonyl (C=O) groups excluding carboxylic acids is 1. The number of methoxy groups -OCH3 is 1. The van der Waals surface area contributed by atoms with Crippen LogP contribution in [0.1, 0.15) is 22.3 Å². The maximum atomic E-state index is 12.4. The molecular formula is C14H19NO5. The number of hydrogen-bond donors (Lipinski definition) is 3. The highest BCUT2D eigenvalue weighted by Gasteiger charge is 2.23. The molecule has 0 bridgehead atoms. The molecule has 6 nitrogen and oxygen atoms in total. The number of aliphatic hydroxyl groups is 1. The summed E-state index contributed by atoms with van der Waals surface area (Å²) in [6, 6.07) is 4.14. The normalized spacial score (nSPS) is 11.9. The van der Waals surface area contributed by atoms with Crippen LogP contribution in [0.5, 0.6) is 5.75 Å². The number of Topliss-reactive ketones (excluding diaryl/α,β-unsaturated/α-hetero) is 1. The highest BCUT2D eigenvalue weighted by atomic mass is 16.5. The van der Waals surface area contributed by atoms with Crippen LogP contribution < -0.4 is 10.1 Å². The van der Waals surface area contributed by atoms with E-state index in [0.29, 0.717) is 11.3 Å². The predicted octanol–water partition coefficient (Wildman–Crippen LogP) is 0.612. The molecule has 1 unspecified atom stereocenters. The van der Waals surface area contributed by atoms with E-state index in [2.05, 4.69) is 5.32 Å². The molecule has 0 saturated carbocycles. The Balaban J connectivity index is 2.95. The molecule has 20 heavy (non-hydrogen) atoms. The maximum absolute atomic E-state index is 12.4. The number of aliphatic carboxylic acids is 1. The van der Waals surface area contributed by atoms with Crippen molar-refractivity contribution in [3.8, 4) is 5.75 Å². The minimum absolute atomic E-state index is 0.162. The molecule has 0 aromatic heterocycles. The van der Waals surface area contributed by atoms with Gasteiger partial charge >= 0.3 is 5.97 Å². The molecule has 0 radical (unpaired) electrons. The average Bonchev–Trinajstić information content (AvgIpc) is 2.42. The van der Waals surface area contributed by atoms with Crippen LogP contribution >= 0.6 is 0 Å². The largest absolute Gasteiger partial charge is 0.497 e. The summed E-state index contributed by atoms with van der Waals surface area (Å²) in [4.78, 5) is 23.2. The number of nitrogens with one attached hydrogen (secondary N) is 1. The van der Waals surface area contributed by atoms with Crippen LogP contribution in [0, 0.1) is 6.92 Å². The number of ketones is 1. The fourth-order valence-corrected chi connectivity index (χ4v) is 1.90. The molecule has 110 valence electrons. The van der Waals surface area contributed by atoms with Gasteiger partial charge < -0.3 is 20.3 Å². The van der Waals surface area contributed by atoms with Gasteiger partial charge in [0.15, 0.2) is 5.78 Å². The van der Waals surface area contributed by atoms with Gasteiger partial charge in [0.1, 0.15) is 5.75 Å². The number of benzene rings is 1. The maximum Gasteiger partial charge on any atom is 0.305 e. The van der Waals surface area contributed by atoms with Gasteiger partial charge in [0, 0.05) is 12.1 Å². The van der Waals surface area contributed by atoms with Gasteiger partial charge in [-0.25, -0.2) is 0 Å². The lowest BCUT2D eigenvalue weighted by Crippen LogP contribution is -2.40. The summed E-state index contributed by atoms with van der Waals surface area (Å²) in [5.41, 5.74) is 1.16. The number of aliphatic hydroxyl groups excluding tert-OH is 1. The van der Waals surface area contributed by atoms with Crippen LogP contribution in [0.25, 0.3) is 0 Å². The van der Waals surface area contributed by atoms with Crippen LogP contribution in [-0.4, -0.2) is 48.3 Å². The van der Waals surface area contributed by atoms with E-state index >= 15 is 0 Å². The SMILES string of the molecule is COc1ccc(C(=O)C(CC(=O)O)NCCO)c(C)c1. The zero-order valence-corrected chi connectivity index (χ0v) is 11.5. The molecular weight excluding hydrogens is 262 g/mol. The van der Waals surface area contributed by atoms with E-state index in [4.69, 9.17) is 14.9 Å². The summed E-state index contributed by atoms with van der Waals surface area (Å²) in [6.45, 7) is 1.77. The second-order valence-electron chi connectivity index (χ2n) is 4.37. The van der Waals surface area contributed by atoms with Crippen molar-refractivity contribution in [3.63, 3.8) is 0 Å². The molecule has 1 rings (SSSR count). The smallest absolute Gasteiger partial charge is 0.305 e. The Morgan fingerprint density at radius 2 is 2.10 bits per heavy atom. The minimum Gasteiger partial charge on any atom is -0.497 e. The lowest BCUT2D eigenvalue weighted by atomic mass is 9.97. The first-order valence-corrected chi connectivity index (χ1v) is 6.24. The molecule has 1 aromatic rings. The Morgan fingerprint density at radius 1 is 1.40 bits per heavy atom. The molecule has 0 spiro atoms. The van der Waals surface area contributed by atoms with Crippen LogP contribution in [-0.2, 0) is 4.79 Å². The molecule has 0 aliphatic heterocycles. The molecule has 0 saturated heterocycles. The van der Waals surface area contributed by atoms with Crippen molar-refractivity contribution in [2.24, 2.45) is 0 Å². The molecule has 0 aliphatic carbocycles. The molecule has 0 heterocycles. The van der Waals surface area contributed by atoms with Crippen molar-refractivity contribution >= 4 is 11.8 Å². The third kappa shape index (κ3) is 4.32. The lowest BCUT2D eigenvalue weighted by Gasteiger charge is -2.16. The van der Waals surface area contributed by atoms with Gasteiger partial charge in [-0.05, 0) is 30.7 Å². The Labute approximate surface area is 117 Å². The highest BCUT2D eigenvalue weighted by Crippen LogP contribution is 2.18. The van der Waals surface area contributed by atoms with E-state index in [1.165, 1.54) is 7.11 Å². The van der Waals surface area contributed by atoms with Gasteiger partial charge in [-0.1, -0.05) is 0 Å². The molecule has 1 aromatic carbocycles. The van der Waals surface area contributed by atoms with E-state index in [1.807, 2.05) is 0 Å². The van der Waals surface area contributed by atoms with E-state index in [1.54, 1.807) is 25.1 Å². The summed E-state index contributed by atoms with van der Waals surface area (Å²) in [5, 5.41) is 20.4. The van der Waals surface area contributed by atoms with Crippen LogP contribution in [0.15, 0.2) is 18.2 Å². The Bertz CT molecular complexity index is 486. The second-order valence-corrected chi connectivity index (χ2v) is 4.37. The molecule has 6 heteroatoms. The quantitative estimate of drug-likeness (QED) is 0.604. The van der Waals surface area contributed by atoms with Gasteiger partial charge in [0.05, 0.1) is 26.2 Å². The van der Waals surface area contributed by atoms with Gasteiger partial charge in [-0.15, -0.1) is 0 Å². The summed E-state index contributed by atoms with van der Waals surface area (Å²) >= 11 is 0. The van der Waals surface area contributed by atoms with Crippen LogP contribution in [0.2, 0.25) is 0 Å². The third-order valence-corrected chi connectivity index (χ3v) is 2.90. The molecule has 0 aliphatic rings. The number of hydrogen-bond acceptors (Lipinski definition) is 5. The van der Waals surface area contributed by atoms with Crippen molar-refractivity contribution in [3.05, 3.63) is 29.3 Å². The van der Waals surface area contributed by atoms with Crippen molar-refractivity contribution in [1.82, 2.24) is 5.32 Å². The predicted molar refractivity (Wildman–Crippen MR) is 73.2 cm³/mol. The number of carbonyl (C=O) groups is 2. The molecule has 1 atom stereocenters. The molecule has 0 fully saturated rings. The van der Waals surface area contributed by atoms with Gasteiger partial charge in [0.2, 0.25) is 0 Å². The zero-order chi connectivity index (χ0) is 15.1. The molecule has 3 N–H and O–H groups in total. The van der Waals surface area contributed by atoms with Gasteiger partial charge in [-0.3, -0.25) is 9.59 Å². The summed E-state index contributed by atoms with van der Waals surface area (Å²) < 4.78 is 5.07. The van der Waals surface area contributed by atoms with Crippen molar-refractivity contribution in [2.75, 3.05) is 20.3 Å². The van der Waals surface area contributed by atoms with Gasteiger partial charge in [0.25, 0.3) is 0 Å². The number of aryl methyl sites for hydroxylation is 1. The van der Waals surface area contributed by atoms with E-state index in [-0.39, 0.29) is 25.4 Å². The fourth-order valence-electron chi connectivity index (χ4n) is 1.90. The van der Waals surface area contributed by atoms with Crippen molar-refractivity contribution in [1.29, 1.82) is 0 Å². The number of carboxylic acid groups (broad SMARTS) is 1. The van der Waals surface area contributed by atoms with Crippen LogP contribution in [0.3, 0.4) is 0 Å². The van der Waals surface area contributed by atoms with Gasteiger partial charge in [-0.2, -0.15) is 0 Å². The summed E-state index contributed by atoms with van der Waals surface area (Å²) in [6.07, 6.45) is -0.329. The minimum atomic E-state index is -1.07. The van der Waals surface area contributed by atoms with E-state index in [0.717, 1.165) is 5.56 Å². The lowest BCUT2D eigenvalue weighted by molar-refractivity contribution is -0.137. The number of ether oxygens (including phenoxy) is 1. The topological polar surface area (TPSA) is 95.9 Å². The van der Waals surface area contributed by atoms with E-state index < -0.39 is 12.0 Å². The van der Waals surface area contributed by atoms with E-state index in [9.17, 15) is 9.59 Å². The monoisotopic (exact) mass is 281 g/mol. The van der Waals surface area contributed by atoms with Crippen molar-refractivity contribution in [2.45, 2.75) is 19.4 Å². The third-order valence-electron chi connectivity index (χ3n) is 2.90. The first kappa shape index (κ1) is 16.1. The highest BCUT2D eigenvalue weighted by molar-refractivity contribution is 6.02. The Morgan fingerprint density at radius 3 is 2.60 bits per heavy atom. The Kier molecular flexibility index (Phi) is 6.14. The summed E-state index contributed by atoms with van der Waals surface area (Å²) in [7, 11) is 1.53. The second kappa shape index (κ2) is 7.62. The van der Waals surface area contributed by atoms with Crippen LogP contribution in [0.4, 0.5) is 0 Å². The standard InChI is InChI=1S/C14H19NO5/c1-9-7-10(20-2)3-4-11(9)14(19)12(8-13(17)18)15-5-6-16/h3-4,7,12,15-16H,5-6,8H2,1-2H3,(H,17,18). The summed E-state index contributed by atoms with van der Waals surface area (Å²) in [5.74, 6) is -0.738. The fraction of sp³-hybridized carbons (Fsp3) is 0.429. The van der Waals surface area contributed by atoms with Crippen molar-refractivity contribution < 1.29 is 24.5 Å². The Hall–Kier alpha value is -1.92.